The van der Waals surface area contributed by atoms with Gasteiger partial charge in [-0.15, -0.1) is 0 Å². The Balaban J connectivity index is 2.81. The first-order chi connectivity index (χ1) is 7.41. The molecule has 0 aromatic heterocycles. The molecule has 0 aromatic rings. The summed E-state index contributed by atoms with van der Waals surface area (Å²) in [5.74, 6) is 0. The van der Waals surface area contributed by atoms with Crippen molar-refractivity contribution in [2.75, 3.05) is 6.61 Å². The molecular weight excluding hydrogens is 208 g/mol. The molecule has 0 aliphatic rings. The Hall–Kier alpha value is 0.250. The maximum atomic E-state index is 5.12. The second-order valence-corrected chi connectivity index (χ2v) is 4.57. The summed E-state index contributed by atoms with van der Waals surface area (Å²) in [6, 6.07) is 0. The van der Waals surface area contributed by atoms with Gasteiger partial charge < -0.3 is 0 Å². The first-order valence-corrected chi connectivity index (χ1v) is 6.96. The smallest absolute Gasteiger partial charge is 0.0682 e. The second-order valence-electron chi connectivity index (χ2n) is 4.35. The van der Waals surface area contributed by atoms with Crippen molar-refractivity contribution in [3.8, 4) is 0 Å². The fraction of sp³-hybridized carbons (Fsp3) is 1.00. The van der Waals surface area contributed by atoms with E-state index in [1.165, 1.54) is 64.2 Å². The third-order valence-electron chi connectivity index (χ3n) is 2.83. The minimum Gasteiger partial charge on any atom is -0.279 e. The van der Waals surface area contributed by atoms with Crippen LogP contribution >= 0.6 is 11.9 Å². The van der Waals surface area contributed by atoms with Crippen LogP contribution in [0.3, 0.4) is 0 Å². The topological polar surface area (TPSA) is 9.23 Å². The Morgan fingerprint density at radius 3 is 1.47 bits per heavy atom. The molecule has 0 unspecified atom stereocenters. The second kappa shape index (κ2) is 14.2. The van der Waals surface area contributed by atoms with E-state index in [2.05, 4.69) is 11.2 Å². The largest absolute Gasteiger partial charge is 0.279 e. The normalized spacial score (nSPS) is 10.8. The summed E-state index contributed by atoms with van der Waals surface area (Å²) in [7, 11) is 0. The third kappa shape index (κ3) is 14.2. The van der Waals surface area contributed by atoms with E-state index in [4.69, 9.17) is 11.9 Å². The van der Waals surface area contributed by atoms with E-state index in [9.17, 15) is 0 Å². The molecule has 2 heteroatoms. The standard InChI is InChI=1S/C13H27ClO/c1-2-3-4-5-6-7-8-9-10-11-12-13-15-14/h2-13H2,1H3. The minimum absolute atomic E-state index is 0.707. The summed E-state index contributed by atoms with van der Waals surface area (Å²) in [4.78, 5) is 0. The van der Waals surface area contributed by atoms with Crippen LogP contribution in [0.2, 0.25) is 0 Å². The van der Waals surface area contributed by atoms with Crippen molar-refractivity contribution in [1.29, 1.82) is 0 Å². The van der Waals surface area contributed by atoms with Gasteiger partial charge in [0.05, 0.1) is 18.5 Å². The molecule has 0 fully saturated rings. The molecular formula is C13H27ClO. The van der Waals surface area contributed by atoms with E-state index in [-0.39, 0.29) is 0 Å². The van der Waals surface area contributed by atoms with Crippen LogP contribution in [-0.2, 0) is 4.29 Å². The van der Waals surface area contributed by atoms with Gasteiger partial charge in [0.15, 0.2) is 0 Å². The van der Waals surface area contributed by atoms with Gasteiger partial charge >= 0.3 is 0 Å². The molecule has 0 aliphatic carbocycles. The molecule has 0 atom stereocenters. The average Bonchev–Trinajstić information content (AvgIpc) is 2.26. The van der Waals surface area contributed by atoms with Crippen molar-refractivity contribution < 1.29 is 4.29 Å². The molecule has 15 heavy (non-hydrogen) atoms. The van der Waals surface area contributed by atoms with Crippen LogP contribution in [-0.4, -0.2) is 6.61 Å². The van der Waals surface area contributed by atoms with E-state index in [1.807, 2.05) is 0 Å². The summed E-state index contributed by atoms with van der Waals surface area (Å²) in [5, 5.41) is 0. The highest BCUT2D eigenvalue weighted by atomic mass is 35.5. The predicted molar refractivity (Wildman–Crippen MR) is 68.3 cm³/mol. The molecule has 0 saturated heterocycles. The van der Waals surface area contributed by atoms with E-state index >= 15 is 0 Å². The molecule has 92 valence electrons. The molecule has 0 saturated carbocycles. The molecule has 0 rings (SSSR count). The summed E-state index contributed by atoms with van der Waals surface area (Å²) in [6.45, 7) is 2.98. The molecule has 0 aliphatic heterocycles. The molecule has 1 nitrogen and oxygen atoms in total. The van der Waals surface area contributed by atoms with Gasteiger partial charge in [-0.05, 0) is 6.42 Å². The van der Waals surface area contributed by atoms with E-state index in [0.29, 0.717) is 6.61 Å². The van der Waals surface area contributed by atoms with E-state index in [0.717, 1.165) is 6.42 Å². The van der Waals surface area contributed by atoms with Crippen molar-refractivity contribution in [2.45, 2.75) is 77.6 Å². The molecule has 0 amide bonds. The monoisotopic (exact) mass is 234 g/mol. The molecule has 0 bridgehead atoms. The molecule has 0 N–H and O–H groups in total. The zero-order chi connectivity index (χ0) is 11.2. The number of hydrogen-bond donors (Lipinski definition) is 0. The van der Waals surface area contributed by atoms with Gasteiger partial charge in [0, 0.05) is 0 Å². The van der Waals surface area contributed by atoms with Crippen LogP contribution in [0.15, 0.2) is 0 Å². The first-order valence-electron chi connectivity index (χ1n) is 6.65. The lowest BCUT2D eigenvalue weighted by atomic mass is 10.1. The van der Waals surface area contributed by atoms with Crippen molar-refractivity contribution in [3.05, 3.63) is 0 Å². The zero-order valence-corrected chi connectivity index (χ0v) is 11.0. The van der Waals surface area contributed by atoms with E-state index in [1.54, 1.807) is 0 Å². The van der Waals surface area contributed by atoms with Crippen LogP contribution < -0.4 is 0 Å². The minimum atomic E-state index is 0.707. The van der Waals surface area contributed by atoms with Gasteiger partial charge in [0.2, 0.25) is 0 Å². The van der Waals surface area contributed by atoms with Crippen molar-refractivity contribution >= 4 is 11.9 Å². The van der Waals surface area contributed by atoms with Crippen molar-refractivity contribution in [2.24, 2.45) is 0 Å². The van der Waals surface area contributed by atoms with Crippen LogP contribution in [0.5, 0.6) is 0 Å². The highest BCUT2D eigenvalue weighted by Crippen LogP contribution is 2.11. The summed E-state index contributed by atoms with van der Waals surface area (Å²) >= 11 is 5.12. The lowest BCUT2D eigenvalue weighted by Gasteiger charge is -2.01. The van der Waals surface area contributed by atoms with Gasteiger partial charge in [0.1, 0.15) is 0 Å². The van der Waals surface area contributed by atoms with Crippen molar-refractivity contribution in [1.82, 2.24) is 0 Å². The Morgan fingerprint density at radius 2 is 1.07 bits per heavy atom. The van der Waals surface area contributed by atoms with Crippen LogP contribution in [0.4, 0.5) is 0 Å². The summed E-state index contributed by atoms with van der Waals surface area (Å²) < 4.78 is 4.50. The van der Waals surface area contributed by atoms with Crippen LogP contribution in [0, 0.1) is 0 Å². The van der Waals surface area contributed by atoms with Crippen molar-refractivity contribution in [3.63, 3.8) is 0 Å². The number of unbranched alkanes of at least 4 members (excludes halogenated alkanes) is 10. The zero-order valence-electron chi connectivity index (χ0n) is 10.3. The molecule has 0 radical (unpaired) electrons. The maximum absolute atomic E-state index is 5.12. The lowest BCUT2D eigenvalue weighted by molar-refractivity contribution is 0.334. The van der Waals surface area contributed by atoms with Gasteiger partial charge in [0.25, 0.3) is 0 Å². The van der Waals surface area contributed by atoms with Gasteiger partial charge in [-0.3, -0.25) is 4.29 Å². The molecule has 0 heterocycles. The predicted octanol–water partition coefficient (Wildman–Crippen LogP) is 5.47. The molecule has 0 aromatic carbocycles. The number of hydrogen-bond acceptors (Lipinski definition) is 1. The lowest BCUT2D eigenvalue weighted by Crippen LogP contribution is -1.85. The van der Waals surface area contributed by atoms with Crippen LogP contribution in [0.25, 0.3) is 0 Å². The summed E-state index contributed by atoms with van der Waals surface area (Å²) in [6.07, 6.45) is 15.0. The first kappa shape index (κ1) is 15.2. The number of rotatable bonds is 12. The highest BCUT2D eigenvalue weighted by Gasteiger charge is 1.92. The number of halogens is 1. The third-order valence-corrected chi connectivity index (χ3v) is 2.98. The Morgan fingerprint density at radius 1 is 0.667 bits per heavy atom. The Kier molecular flexibility index (Phi) is 14.5. The quantitative estimate of drug-likeness (QED) is 0.407. The van der Waals surface area contributed by atoms with Gasteiger partial charge in [-0.1, -0.05) is 71.1 Å². The SMILES string of the molecule is CCCCCCCCCCCCCOCl. The summed E-state index contributed by atoms with van der Waals surface area (Å²) in [5.41, 5.74) is 0. The fourth-order valence-electron chi connectivity index (χ4n) is 1.82. The molecule has 0 spiro atoms. The highest BCUT2D eigenvalue weighted by molar-refractivity contribution is 6.07. The Bertz CT molecular complexity index is 94.7. The van der Waals surface area contributed by atoms with Crippen LogP contribution in [0.1, 0.15) is 77.6 Å². The van der Waals surface area contributed by atoms with Gasteiger partial charge in [-0.25, -0.2) is 0 Å². The van der Waals surface area contributed by atoms with Gasteiger partial charge in [-0.2, -0.15) is 0 Å². The van der Waals surface area contributed by atoms with E-state index < -0.39 is 0 Å². The fourth-order valence-corrected chi connectivity index (χ4v) is 1.93. The Labute approximate surface area is 101 Å². The maximum Gasteiger partial charge on any atom is 0.0682 e. The average molecular weight is 235 g/mol.